The zero-order valence-electron chi connectivity index (χ0n) is 10.3. The summed E-state index contributed by atoms with van der Waals surface area (Å²) in [5, 5.41) is 9.19. The van der Waals surface area contributed by atoms with E-state index in [2.05, 4.69) is 4.74 Å². The Kier molecular flexibility index (Phi) is 3.56. The summed E-state index contributed by atoms with van der Waals surface area (Å²) < 4.78 is 10.2. The van der Waals surface area contributed by atoms with E-state index >= 15 is 0 Å². The van der Waals surface area contributed by atoms with E-state index in [0.29, 0.717) is 17.2 Å². The van der Waals surface area contributed by atoms with Crippen LogP contribution in [0.25, 0.3) is 0 Å². The highest BCUT2D eigenvalue weighted by atomic mass is 16.5. The van der Waals surface area contributed by atoms with Crippen LogP contribution in [0.4, 0.5) is 5.69 Å². The number of aromatic hydroxyl groups is 1. The molecule has 0 radical (unpaired) electrons. The van der Waals surface area contributed by atoms with Crippen molar-refractivity contribution < 1.29 is 19.4 Å². The van der Waals surface area contributed by atoms with Gasteiger partial charge in [-0.25, -0.2) is 4.79 Å². The van der Waals surface area contributed by atoms with Crippen LogP contribution in [-0.4, -0.2) is 18.2 Å². The summed E-state index contributed by atoms with van der Waals surface area (Å²) in [6, 6.07) is 10.9. The maximum absolute atomic E-state index is 11.6. The maximum Gasteiger partial charge on any atom is 0.341 e. The standard InChI is InChI=1S/C14H13NO4/c1-18-14(17)12-8-9(15)2-7-13(12)19-11-5-3-10(16)4-6-11/h2-8,16H,15H2,1H3. The summed E-state index contributed by atoms with van der Waals surface area (Å²) >= 11 is 0. The predicted molar refractivity (Wildman–Crippen MR) is 70.4 cm³/mol. The average Bonchev–Trinajstić information content (AvgIpc) is 2.42. The second-order valence-corrected chi connectivity index (χ2v) is 3.84. The number of carbonyl (C=O) groups excluding carboxylic acids is 1. The molecule has 2 aromatic carbocycles. The van der Waals surface area contributed by atoms with Gasteiger partial charge in [0, 0.05) is 5.69 Å². The van der Waals surface area contributed by atoms with Crippen LogP contribution in [0, 0.1) is 0 Å². The van der Waals surface area contributed by atoms with E-state index in [1.54, 1.807) is 24.3 Å². The van der Waals surface area contributed by atoms with Crippen molar-refractivity contribution in [3.05, 3.63) is 48.0 Å². The van der Waals surface area contributed by atoms with Crippen molar-refractivity contribution in [1.29, 1.82) is 0 Å². The predicted octanol–water partition coefficient (Wildman–Crippen LogP) is 2.55. The first kappa shape index (κ1) is 12.8. The molecule has 19 heavy (non-hydrogen) atoms. The summed E-state index contributed by atoms with van der Waals surface area (Å²) in [7, 11) is 1.29. The van der Waals surface area contributed by atoms with E-state index in [4.69, 9.17) is 10.5 Å². The first-order valence-electron chi connectivity index (χ1n) is 5.55. The van der Waals surface area contributed by atoms with Crippen LogP contribution in [0.2, 0.25) is 0 Å². The number of phenols is 1. The summed E-state index contributed by atoms with van der Waals surface area (Å²) in [6.07, 6.45) is 0. The minimum atomic E-state index is -0.527. The highest BCUT2D eigenvalue weighted by molar-refractivity contribution is 5.93. The monoisotopic (exact) mass is 259 g/mol. The molecule has 0 fully saturated rings. The molecule has 5 nitrogen and oxygen atoms in total. The number of nitrogens with two attached hydrogens (primary N) is 1. The van der Waals surface area contributed by atoms with Gasteiger partial charge >= 0.3 is 5.97 Å². The number of phenolic OH excluding ortho intramolecular Hbond substituents is 1. The first-order valence-corrected chi connectivity index (χ1v) is 5.55. The van der Waals surface area contributed by atoms with Gasteiger partial charge in [0.15, 0.2) is 0 Å². The second kappa shape index (κ2) is 5.30. The first-order chi connectivity index (χ1) is 9.10. The Morgan fingerprint density at radius 2 is 1.84 bits per heavy atom. The molecule has 2 aromatic rings. The van der Waals surface area contributed by atoms with Gasteiger partial charge < -0.3 is 20.3 Å². The molecule has 0 unspecified atom stereocenters. The summed E-state index contributed by atoms with van der Waals surface area (Å²) in [5.74, 6) is 0.443. The van der Waals surface area contributed by atoms with Gasteiger partial charge in [0.2, 0.25) is 0 Å². The SMILES string of the molecule is COC(=O)c1cc(N)ccc1Oc1ccc(O)cc1. The van der Waals surface area contributed by atoms with Crippen LogP contribution < -0.4 is 10.5 Å². The second-order valence-electron chi connectivity index (χ2n) is 3.84. The number of anilines is 1. The highest BCUT2D eigenvalue weighted by Crippen LogP contribution is 2.28. The molecule has 0 saturated heterocycles. The van der Waals surface area contributed by atoms with Crippen molar-refractivity contribution in [3.63, 3.8) is 0 Å². The van der Waals surface area contributed by atoms with Crippen LogP contribution in [-0.2, 0) is 4.74 Å². The molecule has 0 heterocycles. The molecule has 2 rings (SSSR count). The highest BCUT2D eigenvalue weighted by Gasteiger charge is 2.14. The van der Waals surface area contributed by atoms with Crippen LogP contribution >= 0.6 is 0 Å². The van der Waals surface area contributed by atoms with Crippen molar-refractivity contribution in [2.24, 2.45) is 0 Å². The van der Waals surface area contributed by atoms with Gasteiger partial charge in [-0.05, 0) is 42.5 Å². The Morgan fingerprint density at radius 3 is 2.47 bits per heavy atom. The Labute approximate surface area is 110 Å². The lowest BCUT2D eigenvalue weighted by Gasteiger charge is -2.10. The molecule has 0 aliphatic carbocycles. The molecular weight excluding hydrogens is 246 g/mol. The topological polar surface area (TPSA) is 81.8 Å². The molecule has 0 atom stereocenters. The summed E-state index contributed by atoms with van der Waals surface area (Å²) in [6.45, 7) is 0. The van der Waals surface area contributed by atoms with Gasteiger partial charge in [0.25, 0.3) is 0 Å². The van der Waals surface area contributed by atoms with E-state index < -0.39 is 5.97 Å². The number of hydrogen-bond acceptors (Lipinski definition) is 5. The number of benzene rings is 2. The number of nitrogen functional groups attached to an aromatic ring is 1. The third-order valence-electron chi connectivity index (χ3n) is 2.47. The van der Waals surface area contributed by atoms with Crippen molar-refractivity contribution in [3.8, 4) is 17.2 Å². The summed E-state index contributed by atoms with van der Waals surface area (Å²) in [5.41, 5.74) is 6.33. The normalized spacial score (nSPS) is 9.95. The quantitative estimate of drug-likeness (QED) is 0.654. The fourth-order valence-corrected chi connectivity index (χ4v) is 1.55. The van der Waals surface area contributed by atoms with Gasteiger partial charge in [-0.1, -0.05) is 0 Å². The van der Waals surface area contributed by atoms with E-state index in [1.807, 2.05) is 0 Å². The largest absolute Gasteiger partial charge is 0.508 e. The van der Waals surface area contributed by atoms with Crippen molar-refractivity contribution in [1.82, 2.24) is 0 Å². The van der Waals surface area contributed by atoms with Crippen molar-refractivity contribution in [2.45, 2.75) is 0 Å². The average molecular weight is 259 g/mol. The number of rotatable bonds is 3. The lowest BCUT2D eigenvalue weighted by Crippen LogP contribution is -2.04. The van der Waals surface area contributed by atoms with Gasteiger partial charge in [-0.3, -0.25) is 0 Å². The molecular formula is C14H13NO4. The Bertz CT molecular complexity index is 593. The molecule has 0 aliphatic rings. The fraction of sp³-hybridized carbons (Fsp3) is 0.0714. The zero-order valence-corrected chi connectivity index (χ0v) is 10.3. The molecule has 3 N–H and O–H groups in total. The van der Waals surface area contributed by atoms with Gasteiger partial charge in [0.05, 0.1) is 7.11 Å². The van der Waals surface area contributed by atoms with E-state index in [1.165, 1.54) is 25.3 Å². The van der Waals surface area contributed by atoms with Crippen LogP contribution in [0.5, 0.6) is 17.2 Å². The molecule has 5 heteroatoms. The number of methoxy groups -OCH3 is 1. The third kappa shape index (κ3) is 2.95. The van der Waals surface area contributed by atoms with Gasteiger partial charge in [0.1, 0.15) is 22.8 Å². The van der Waals surface area contributed by atoms with Crippen molar-refractivity contribution >= 4 is 11.7 Å². The van der Waals surface area contributed by atoms with Gasteiger partial charge in [-0.15, -0.1) is 0 Å². The van der Waals surface area contributed by atoms with E-state index in [0.717, 1.165) is 0 Å². The minimum absolute atomic E-state index is 0.137. The lowest BCUT2D eigenvalue weighted by molar-refractivity contribution is 0.0598. The molecule has 0 aromatic heterocycles. The molecule has 98 valence electrons. The van der Waals surface area contributed by atoms with E-state index in [-0.39, 0.29) is 11.3 Å². The third-order valence-corrected chi connectivity index (χ3v) is 2.47. The number of carbonyl (C=O) groups is 1. The number of ether oxygens (including phenoxy) is 2. The maximum atomic E-state index is 11.6. The van der Waals surface area contributed by atoms with Gasteiger partial charge in [-0.2, -0.15) is 0 Å². The Balaban J connectivity index is 2.34. The minimum Gasteiger partial charge on any atom is -0.508 e. The molecule has 0 aliphatic heterocycles. The number of esters is 1. The molecule has 0 spiro atoms. The smallest absolute Gasteiger partial charge is 0.341 e. The number of hydrogen-bond donors (Lipinski definition) is 2. The van der Waals surface area contributed by atoms with Crippen molar-refractivity contribution in [2.75, 3.05) is 12.8 Å². The molecule has 0 amide bonds. The van der Waals surface area contributed by atoms with E-state index in [9.17, 15) is 9.90 Å². The van der Waals surface area contributed by atoms with Crippen LogP contribution in [0.15, 0.2) is 42.5 Å². The fourth-order valence-electron chi connectivity index (χ4n) is 1.55. The lowest BCUT2D eigenvalue weighted by atomic mass is 10.2. The zero-order chi connectivity index (χ0) is 13.8. The van der Waals surface area contributed by atoms with Crippen LogP contribution in [0.1, 0.15) is 10.4 Å². The van der Waals surface area contributed by atoms with Crippen LogP contribution in [0.3, 0.4) is 0 Å². The summed E-state index contributed by atoms with van der Waals surface area (Å²) in [4.78, 5) is 11.6. The Hall–Kier alpha value is -2.69. The molecule has 0 bridgehead atoms. The molecule has 0 saturated carbocycles. The Morgan fingerprint density at radius 1 is 1.16 bits per heavy atom.